The summed E-state index contributed by atoms with van der Waals surface area (Å²) in [5, 5.41) is 5.78. The lowest BCUT2D eigenvalue weighted by Crippen LogP contribution is -2.07. The zero-order chi connectivity index (χ0) is 14.3. The summed E-state index contributed by atoms with van der Waals surface area (Å²) in [7, 11) is 1.88. The second-order valence-electron chi connectivity index (χ2n) is 4.49. The second kappa shape index (κ2) is 4.68. The largest absolute Gasteiger partial charge is 0.398 e. The van der Waals surface area contributed by atoms with Crippen LogP contribution in [0.4, 0.5) is 5.69 Å². The van der Waals surface area contributed by atoms with Crippen LogP contribution < -0.4 is 11.3 Å². The van der Waals surface area contributed by atoms with Crippen molar-refractivity contribution < 1.29 is 0 Å². The van der Waals surface area contributed by atoms with Crippen molar-refractivity contribution in [1.29, 1.82) is 0 Å². The van der Waals surface area contributed by atoms with Crippen molar-refractivity contribution in [2.75, 3.05) is 5.73 Å². The lowest BCUT2D eigenvalue weighted by atomic mass is 10.2. The maximum atomic E-state index is 11.7. The first kappa shape index (κ1) is 12.7. The van der Waals surface area contributed by atoms with E-state index in [1.165, 1.54) is 18.1 Å². The van der Waals surface area contributed by atoms with E-state index < -0.39 is 0 Å². The summed E-state index contributed by atoms with van der Waals surface area (Å²) < 4.78 is 1.80. The molecule has 3 rings (SSSR count). The van der Waals surface area contributed by atoms with Crippen LogP contribution in [-0.2, 0) is 7.05 Å². The van der Waals surface area contributed by atoms with Crippen molar-refractivity contribution in [3.8, 4) is 0 Å². The Kier molecular flexibility index (Phi) is 2.98. The van der Waals surface area contributed by atoms with Gasteiger partial charge in [-0.15, -0.1) is 0 Å². The highest BCUT2D eigenvalue weighted by Gasteiger charge is 2.10. The van der Waals surface area contributed by atoms with Crippen LogP contribution in [0.1, 0.15) is 5.69 Å². The van der Waals surface area contributed by atoms with Gasteiger partial charge < -0.3 is 10.7 Å². The molecule has 0 saturated heterocycles. The number of H-pyrrole nitrogens is 1. The van der Waals surface area contributed by atoms with Crippen molar-refractivity contribution in [3.05, 3.63) is 40.6 Å². The molecule has 20 heavy (non-hydrogen) atoms. The van der Waals surface area contributed by atoms with E-state index in [0.717, 1.165) is 15.6 Å². The summed E-state index contributed by atoms with van der Waals surface area (Å²) in [4.78, 5) is 19.3. The van der Waals surface area contributed by atoms with Crippen LogP contribution in [0.3, 0.4) is 0 Å². The van der Waals surface area contributed by atoms with Gasteiger partial charge in [0.15, 0.2) is 0 Å². The predicted octanol–water partition coefficient (Wildman–Crippen LogP) is 1.70. The van der Waals surface area contributed by atoms with E-state index in [1.807, 2.05) is 26.1 Å². The number of hydrogen-bond acceptors (Lipinski definition) is 5. The summed E-state index contributed by atoms with van der Waals surface area (Å²) in [5.41, 5.74) is 7.98. The van der Waals surface area contributed by atoms with Gasteiger partial charge in [0, 0.05) is 17.6 Å². The number of nitrogens with zero attached hydrogens (tertiary/aromatic N) is 3. The summed E-state index contributed by atoms with van der Waals surface area (Å²) in [6.45, 7) is 1.94. The van der Waals surface area contributed by atoms with Crippen LogP contribution in [0, 0.1) is 6.92 Å². The molecule has 0 radical (unpaired) electrons. The number of nitrogens with two attached hydrogens (primary N) is 1. The van der Waals surface area contributed by atoms with Crippen LogP contribution in [0.5, 0.6) is 0 Å². The van der Waals surface area contributed by atoms with Crippen LogP contribution in [0.2, 0.25) is 0 Å². The summed E-state index contributed by atoms with van der Waals surface area (Å²) in [6, 6.07) is 5.47. The van der Waals surface area contributed by atoms with E-state index in [1.54, 1.807) is 10.7 Å². The highest BCUT2D eigenvalue weighted by Crippen LogP contribution is 2.33. The van der Waals surface area contributed by atoms with Crippen LogP contribution in [-0.4, -0.2) is 19.7 Å². The second-order valence-corrected chi connectivity index (χ2v) is 5.55. The third-order valence-electron chi connectivity index (χ3n) is 2.95. The first-order valence-corrected chi connectivity index (χ1v) is 6.81. The number of fused-ring (bicyclic) bond motifs is 1. The number of nitrogen functional groups attached to an aromatic ring is 1. The molecule has 3 aromatic rings. The molecule has 1 aromatic carbocycles. The number of rotatable bonds is 2. The molecule has 7 heteroatoms. The minimum absolute atomic E-state index is 0.186. The summed E-state index contributed by atoms with van der Waals surface area (Å²) in [5.74, 6) is 0. The molecule has 0 spiro atoms. The van der Waals surface area contributed by atoms with Gasteiger partial charge in [-0.05, 0) is 25.1 Å². The normalized spacial score (nSPS) is 11.1. The first-order chi connectivity index (χ1) is 9.54. The average molecular weight is 287 g/mol. The van der Waals surface area contributed by atoms with Gasteiger partial charge >= 0.3 is 0 Å². The number of nitrogens with one attached hydrogen (secondary N) is 1. The van der Waals surface area contributed by atoms with E-state index >= 15 is 0 Å². The zero-order valence-corrected chi connectivity index (χ0v) is 11.9. The van der Waals surface area contributed by atoms with Gasteiger partial charge in [0.05, 0.1) is 28.0 Å². The van der Waals surface area contributed by atoms with Gasteiger partial charge in [-0.1, -0.05) is 11.8 Å². The highest BCUT2D eigenvalue weighted by molar-refractivity contribution is 7.99. The number of aromatic amines is 1. The number of anilines is 1. The summed E-state index contributed by atoms with van der Waals surface area (Å²) >= 11 is 1.51. The fourth-order valence-corrected chi connectivity index (χ4v) is 2.97. The lowest BCUT2D eigenvalue weighted by Gasteiger charge is -2.06. The van der Waals surface area contributed by atoms with Crippen molar-refractivity contribution in [2.24, 2.45) is 7.05 Å². The third kappa shape index (κ3) is 2.16. The Hall–Kier alpha value is -2.28. The molecule has 2 heterocycles. The Morgan fingerprint density at radius 2 is 2.15 bits per heavy atom. The zero-order valence-electron chi connectivity index (χ0n) is 11.0. The van der Waals surface area contributed by atoms with Crippen LogP contribution in [0.25, 0.3) is 10.9 Å². The maximum Gasteiger partial charge on any atom is 0.258 e. The molecular formula is C13H13N5OS. The fourth-order valence-electron chi connectivity index (χ4n) is 2.00. The minimum Gasteiger partial charge on any atom is -0.398 e. The van der Waals surface area contributed by atoms with Gasteiger partial charge in [-0.3, -0.25) is 9.48 Å². The molecule has 0 unspecified atom stereocenters. The molecule has 6 nitrogen and oxygen atoms in total. The topological polar surface area (TPSA) is 89.6 Å². The van der Waals surface area contributed by atoms with Gasteiger partial charge in [-0.2, -0.15) is 5.10 Å². The van der Waals surface area contributed by atoms with Gasteiger partial charge in [0.1, 0.15) is 0 Å². The fraction of sp³-hybridized carbons (Fsp3) is 0.154. The van der Waals surface area contributed by atoms with E-state index in [0.29, 0.717) is 16.6 Å². The molecule has 0 amide bonds. The molecule has 0 atom stereocenters. The minimum atomic E-state index is -0.186. The van der Waals surface area contributed by atoms with Gasteiger partial charge in [0.2, 0.25) is 0 Å². The van der Waals surface area contributed by atoms with Crippen molar-refractivity contribution >= 4 is 28.4 Å². The Bertz CT molecular complexity index is 852. The van der Waals surface area contributed by atoms with Crippen molar-refractivity contribution in [1.82, 2.24) is 19.7 Å². The van der Waals surface area contributed by atoms with Crippen LogP contribution >= 0.6 is 11.8 Å². The molecule has 0 saturated carbocycles. The number of aromatic nitrogens is 4. The van der Waals surface area contributed by atoms with E-state index in [4.69, 9.17) is 5.73 Å². The van der Waals surface area contributed by atoms with Crippen molar-refractivity contribution in [3.63, 3.8) is 0 Å². The quantitative estimate of drug-likeness (QED) is 0.700. The SMILES string of the molecule is Cc1cc(Sc2cc3nc[nH]c(=O)c3cc2N)n(C)n1. The highest BCUT2D eigenvalue weighted by atomic mass is 32.2. The monoisotopic (exact) mass is 287 g/mol. The molecule has 2 aromatic heterocycles. The van der Waals surface area contributed by atoms with E-state index in [-0.39, 0.29) is 5.56 Å². The number of benzene rings is 1. The average Bonchev–Trinajstić information content (AvgIpc) is 2.70. The first-order valence-electron chi connectivity index (χ1n) is 6.00. The Balaban J connectivity index is 2.10. The molecule has 0 aliphatic heterocycles. The lowest BCUT2D eigenvalue weighted by molar-refractivity contribution is 0.692. The van der Waals surface area contributed by atoms with E-state index in [2.05, 4.69) is 15.1 Å². The Labute approximate surface area is 119 Å². The standard InChI is InChI=1S/C13H13N5OS/c1-7-3-12(18(2)17-7)20-11-5-10-8(4-9(11)14)13(19)16-6-15-10/h3-6H,14H2,1-2H3,(H,15,16,19). The Morgan fingerprint density at radius 3 is 2.85 bits per heavy atom. The molecule has 0 aliphatic carbocycles. The number of aryl methyl sites for hydroxylation is 2. The third-order valence-corrected chi connectivity index (χ3v) is 4.11. The number of hydrogen-bond donors (Lipinski definition) is 2. The Morgan fingerprint density at radius 1 is 1.35 bits per heavy atom. The molecule has 0 bridgehead atoms. The molecule has 0 fully saturated rings. The van der Waals surface area contributed by atoms with Gasteiger partial charge in [0.25, 0.3) is 5.56 Å². The van der Waals surface area contributed by atoms with E-state index in [9.17, 15) is 4.79 Å². The molecule has 3 N–H and O–H groups in total. The molecule has 0 aliphatic rings. The molecular weight excluding hydrogens is 274 g/mol. The summed E-state index contributed by atoms with van der Waals surface area (Å²) in [6.07, 6.45) is 1.39. The van der Waals surface area contributed by atoms with Crippen molar-refractivity contribution in [2.45, 2.75) is 16.8 Å². The smallest absolute Gasteiger partial charge is 0.258 e. The molecule has 102 valence electrons. The van der Waals surface area contributed by atoms with Crippen LogP contribution in [0.15, 0.2) is 39.2 Å². The maximum absolute atomic E-state index is 11.7. The predicted molar refractivity (Wildman–Crippen MR) is 78.8 cm³/mol. The van der Waals surface area contributed by atoms with Gasteiger partial charge in [-0.25, -0.2) is 4.98 Å².